The van der Waals surface area contributed by atoms with Crippen LogP contribution in [0.4, 0.5) is 0 Å². The number of hydrogen-bond donors (Lipinski definition) is 7. The van der Waals surface area contributed by atoms with Crippen LogP contribution in [-0.2, 0) is 24.0 Å². The maximum atomic E-state index is 12.8. The SMILES string of the molecule is CC(C)C[C@H](N)C(=O)N[C@H](C(=O)N[C@@H](CCN)C(=O)N[C@@H](CC(=O)O)C(=O)O)C(C)C. The first-order chi connectivity index (χ1) is 14.3. The quantitative estimate of drug-likeness (QED) is 0.163. The van der Waals surface area contributed by atoms with Crippen LogP contribution in [0.2, 0.25) is 0 Å². The summed E-state index contributed by atoms with van der Waals surface area (Å²) in [7, 11) is 0. The average molecular weight is 446 g/mol. The molecule has 0 unspecified atom stereocenters. The fourth-order valence-corrected chi connectivity index (χ4v) is 2.75. The van der Waals surface area contributed by atoms with Crippen LogP contribution in [0, 0.1) is 11.8 Å². The van der Waals surface area contributed by atoms with Crippen molar-refractivity contribution in [2.45, 2.75) is 71.1 Å². The third-order valence-electron chi connectivity index (χ3n) is 4.39. The molecular formula is C19H35N5O7. The lowest BCUT2D eigenvalue weighted by Gasteiger charge is -2.27. The number of nitrogens with one attached hydrogen (secondary N) is 3. The van der Waals surface area contributed by atoms with E-state index >= 15 is 0 Å². The van der Waals surface area contributed by atoms with Crippen LogP contribution in [0.15, 0.2) is 0 Å². The Balaban J connectivity index is 5.30. The van der Waals surface area contributed by atoms with Crippen molar-refractivity contribution in [1.29, 1.82) is 0 Å². The number of hydrogen-bond acceptors (Lipinski definition) is 7. The van der Waals surface area contributed by atoms with E-state index in [1.54, 1.807) is 13.8 Å². The molecule has 0 radical (unpaired) electrons. The molecule has 0 spiro atoms. The molecule has 0 aliphatic carbocycles. The minimum atomic E-state index is -1.67. The van der Waals surface area contributed by atoms with E-state index in [-0.39, 0.29) is 24.8 Å². The van der Waals surface area contributed by atoms with E-state index in [1.807, 2.05) is 13.8 Å². The first-order valence-corrected chi connectivity index (χ1v) is 10.1. The Labute approximate surface area is 181 Å². The lowest BCUT2D eigenvalue weighted by molar-refractivity contribution is -0.147. The van der Waals surface area contributed by atoms with Gasteiger partial charge in [0.25, 0.3) is 0 Å². The Morgan fingerprint density at radius 1 is 0.839 bits per heavy atom. The Hall–Kier alpha value is -2.73. The molecule has 0 heterocycles. The zero-order valence-corrected chi connectivity index (χ0v) is 18.4. The minimum absolute atomic E-state index is 0.00694. The highest BCUT2D eigenvalue weighted by molar-refractivity contribution is 5.94. The summed E-state index contributed by atoms with van der Waals surface area (Å²) < 4.78 is 0. The molecule has 0 aliphatic rings. The maximum absolute atomic E-state index is 12.8. The fraction of sp³-hybridized carbons (Fsp3) is 0.737. The second-order valence-corrected chi connectivity index (χ2v) is 8.10. The van der Waals surface area contributed by atoms with Crippen LogP contribution in [0.5, 0.6) is 0 Å². The van der Waals surface area contributed by atoms with Crippen molar-refractivity contribution in [3.05, 3.63) is 0 Å². The van der Waals surface area contributed by atoms with Gasteiger partial charge in [0.05, 0.1) is 12.5 Å². The molecule has 178 valence electrons. The number of carboxylic acid groups (broad SMARTS) is 2. The Bertz CT molecular complexity index is 654. The van der Waals surface area contributed by atoms with Crippen LogP contribution in [0.3, 0.4) is 0 Å². The van der Waals surface area contributed by atoms with Gasteiger partial charge in [0.2, 0.25) is 17.7 Å². The molecule has 9 N–H and O–H groups in total. The monoisotopic (exact) mass is 445 g/mol. The second-order valence-electron chi connectivity index (χ2n) is 8.10. The molecule has 0 bridgehead atoms. The van der Waals surface area contributed by atoms with E-state index in [9.17, 15) is 24.0 Å². The van der Waals surface area contributed by atoms with Crippen molar-refractivity contribution in [2.75, 3.05) is 6.54 Å². The first kappa shape index (κ1) is 28.3. The highest BCUT2D eigenvalue weighted by atomic mass is 16.4. The normalized spacial score (nSPS) is 15.0. The first-order valence-electron chi connectivity index (χ1n) is 10.1. The summed E-state index contributed by atoms with van der Waals surface area (Å²) >= 11 is 0. The molecule has 0 aromatic heterocycles. The molecule has 0 saturated heterocycles. The van der Waals surface area contributed by atoms with E-state index in [4.69, 9.17) is 21.7 Å². The minimum Gasteiger partial charge on any atom is -0.481 e. The van der Waals surface area contributed by atoms with Crippen molar-refractivity contribution in [3.8, 4) is 0 Å². The Kier molecular flexibility index (Phi) is 12.4. The topological polar surface area (TPSA) is 214 Å². The molecular weight excluding hydrogens is 410 g/mol. The zero-order chi connectivity index (χ0) is 24.3. The van der Waals surface area contributed by atoms with Gasteiger partial charge in [0, 0.05) is 0 Å². The van der Waals surface area contributed by atoms with Crippen LogP contribution in [0.1, 0.15) is 47.0 Å². The molecule has 4 atom stereocenters. The highest BCUT2D eigenvalue weighted by Gasteiger charge is 2.32. The molecule has 0 rings (SSSR count). The summed E-state index contributed by atoms with van der Waals surface area (Å²) in [6.45, 7) is 7.20. The van der Waals surface area contributed by atoms with E-state index in [0.717, 1.165) is 0 Å². The van der Waals surface area contributed by atoms with E-state index in [0.29, 0.717) is 6.42 Å². The molecule has 3 amide bonds. The molecule has 0 saturated carbocycles. The Morgan fingerprint density at radius 2 is 1.39 bits per heavy atom. The highest BCUT2D eigenvalue weighted by Crippen LogP contribution is 2.07. The Morgan fingerprint density at radius 3 is 1.81 bits per heavy atom. The number of rotatable bonds is 14. The molecule has 31 heavy (non-hydrogen) atoms. The number of carboxylic acids is 2. The summed E-state index contributed by atoms with van der Waals surface area (Å²) in [6, 6.07) is -4.68. The van der Waals surface area contributed by atoms with E-state index in [2.05, 4.69) is 16.0 Å². The summed E-state index contributed by atoms with van der Waals surface area (Å²) in [5, 5.41) is 25.0. The molecule has 0 aromatic rings. The number of aliphatic carboxylic acids is 2. The van der Waals surface area contributed by atoms with Gasteiger partial charge in [-0.3, -0.25) is 19.2 Å². The van der Waals surface area contributed by atoms with Crippen LogP contribution < -0.4 is 27.4 Å². The standard InChI is InChI=1S/C19H35N5O7/c1-9(2)7-11(21)16(27)24-15(10(3)4)18(29)22-12(5-6-20)17(28)23-13(19(30)31)8-14(25)26/h9-13,15H,5-8,20-21H2,1-4H3,(H,22,29)(H,23,28)(H,24,27)(H,25,26)(H,30,31)/t11-,12-,13-,15-/m0/s1. The molecule has 0 fully saturated rings. The third kappa shape index (κ3) is 10.7. The largest absolute Gasteiger partial charge is 0.481 e. The van der Waals surface area contributed by atoms with Crippen molar-refractivity contribution in [2.24, 2.45) is 23.3 Å². The second kappa shape index (κ2) is 13.5. The number of carbonyl (C=O) groups excluding carboxylic acids is 3. The van der Waals surface area contributed by atoms with Gasteiger partial charge in [0.1, 0.15) is 18.1 Å². The van der Waals surface area contributed by atoms with Crippen LogP contribution >= 0.6 is 0 Å². The summed E-state index contributed by atoms with van der Waals surface area (Å²) in [6.07, 6.45) is -0.429. The molecule has 12 heteroatoms. The molecule has 0 aliphatic heterocycles. The van der Waals surface area contributed by atoms with Crippen molar-refractivity contribution in [3.63, 3.8) is 0 Å². The van der Waals surface area contributed by atoms with Gasteiger partial charge in [-0.25, -0.2) is 4.79 Å². The summed E-state index contributed by atoms with van der Waals surface area (Å²) in [4.78, 5) is 59.5. The summed E-state index contributed by atoms with van der Waals surface area (Å²) in [5.41, 5.74) is 11.3. The third-order valence-corrected chi connectivity index (χ3v) is 4.39. The maximum Gasteiger partial charge on any atom is 0.326 e. The number of amides is 3. The van der Waals surface area contributed by atoms with Gasteiger partial charge in [0.15, 0.2) is 0 Å². The van der Waals surface area contributed by atoms with Gasteiger partial charge < -0.3 is 37.6 Å². The van der Waals surface area contributed by atoms with Gasteiger partial charge in [-0.2, -0.15) is 0 Å². The van der Waals surface area contributed by atoms with Gasteiger partial charge >= 0.3 is 11.9 Å². The lowest BCUT2D eigenvalue weighted by Crippen LogP contribution is -2.58. The van der Waals surface area contributed by atoms with Gasteiger partial charge in [-0.15, -0.1) is 0 Å². The number of nitrogens with two attached hydrogens (primary N) is 2. The molecule has 12 nitrogen and oxygen atoms in total. The van der Waals surface area contributed by atoms with E-state index in [1.165, 1.54) is 0 Å². The molecule has 0 aromatic carbocycles. The number of carbonyl (C=O) groups is 5. The van der Waals surface area contributed by atoms with Crippen molar-refractivity contribution >= 4 is 29.7 Å². The summed E-state index contributed by atoms with van der Waals surface area (Å²) in [5.74, 6) is -5.16. The average Bonchev–Trinajstić information content (AvgIpc) is 2.63. The predicted octanol–water partition coefficient (Wildman–Crippen LogP) is -1.62. The van der Waals surface area contributed by atoms with Crippen molar-refractivity contribution < 1.29 is 34.2 Å². The van der Waals surface area contributed by atoms with Gasteiger partial charge in [-0.05, 0) is 31.2 Å². The van der Waals surface area contributed by atoms with Crippen LogP contribution in [-0.4, -0.2) is 70.6 Å². The lowest BCUT2D eigenvalue weighted by atomic mass is 10.00. The smallest absolute Gasteiger partial charge is 0.326 e. The zero-order valence-electron chi connectivity index (χ0n) is 18.4. The fourth-order valence-electron chi connectivity index (χ4n) is 2.75. The predicted molar refractivity (Wildman–Crippen MR) is 112 cm³/mol. The van der Waals surface area contributed by atoms with Crippen molar-refractivity contribution in [1.82, 2.24) is 16.0 Å². The van der Waals surface area contributed by atoms with Crippen LogP contribution in [0.25, 0.3) is 0 Å². The van der Waals surface area contributed by atoms with E-state index < -0.39 is 60.2 Å². The van der Waals surface area contributed by atoms with Gasteiger partial charge in [-0.1, -0.05) is 27.7 Å².